The molecule has 164 valence electrons. The lowest BCUT2D eigenvalue weighted by Gasteiger charge is -2.29. The van der Waals surface area contributed by atoms with Crippen LogP contribution in [0.15, 0.2) is 36.5 Å². The maximum absolute atomic E-state index is 13.9. The minimum atomic E-state index is -0.386. The second kappa shape index (κ2) is 8.44. The zero-order valence-electron chi connectivity index (χ0n) is 17.2. The summed E-state index contributed by atoms with van der Waals surface area (Å²) in [5.74, 6) is -0.437. The molecule has 1 aliphatic heterocycles. The zero-order valence-corrected chi connectivity index (χ0v) is 18.9. The number of nitrogens with zero attached hydrogens (tertiary/aromatic N) is 4. The van der Waals surface area contributed by atoms with Gasteiger partial charge in [-0.3, -0.25) is 9.48 Å². The number of nitrogens with one attached hydrogen (secondary N) is 1. The molecule has 0 aliphatic carbocycles. The zero-order chi connectivity index (χ0) is 22.2. The first-order valence-electron chi connectivity index (χ1n) is 10.2. The lowest BCUT2D eigenvalue weighted by molar-refractivity contribution is -0.111. The number of hydrogen-bond acceptors (Lipinski definition) is 7. The number of thiazole rings is 1. The molecule has 32 heavy (non-hydrogen) atoms. The molecular formula is C22H20FN5O2S2. The molecule has 4 heterocycles. The Hall–Kier alpha value is -3.11. The van der Waals surface area contributed by atoms with E-state index in [1.807, 2.05) is 6.07 Å². The van der Waals surface area contributed by atoms with Crippen LogP contribution in [0.4, 0.5) is 15.2 Å². The predicted molar refractivity (Wildman–Crippen MR) is 125 cm³/mol. The Morgan fingerprint density at radius 1 is 1.22 bits per heavy atom. The van der Waals surface area contributed by atoms with Crippen LogP contribution in [-0.4, -0.2) is 40.0 Å². The molecule has 1 aromatic carbocycles. The Morgan fingerprint density at radius 2 is 1.97 bits per heavy atom. The van der Waals surface area contributed by atoms with Gasteiger partial charge in [0.1, 0.15) is 16.8 Å². The highest BCUT2D eigenvalue weighted by atomic mass is 32.1. The molecule has 5 rings (SSSR count). The molecular weight excluding hydrogens is 449 g/mol. The number of amides is 1. The van der Waals surface area contributed by atoms with Gasteiger partial charge in [0, 0.05) is 37.3 Å². The summed E-state index contributed by atoms with van der Waals surface area (Å²) in [5, 5.41) is 7.94. The van der Waals surface area contributed by atoms with E-state index in [-0.39, 0.29) is 23.3 Å². The van der Waals surface area contributed by atoms with Crippen molar-refractivity contribution in [1.82, 2.24) is 14.8 Å². The first-order chi connectivity index (χ1) is 15.5. The van der Waals surface area contributed by atoms with Crippen molar-refractivity contribution >= 4 is 55.2 Å². The number of aldehydes is 1. The molecule has 3 aromatic heterocycles. The van der Waals surface area contributed by atoms with Crippen LogP contribution in [0.2, 0.25) is 0 Å². The van der Waals surface area contributed by atoms with Gasteiger partial charge in [0.2, 0.25) is 0 Å². The number of rotatable bonds is 5. The van der Waals surface area contributed by atoms with Gasteiger partial charge in [-0.25, -0.2) is 9.37 Å². The second-order valence-corrected chi connectivity index (χ2v) is 9.81. The predicted octanol–water partition coefficient (Wildman–Crippen LogP) is 4.57. The molecule has 1 saturated heterocycles. The van der Waals surface area contributed by atoms with Gasteiger partial charge in [0.25, 0.3) is 5.91 Å². The van der Waals surface area contributed by atoms with Crippen LogP contribution in [0.25, 0.3) is 20.8 Å². The first kappa shape index (κ1) is 20.8. The summed E-state index contributed by atoms with van der Waals surface area (Å²) in [6, 6.07) is 8.80. The highest BCUT2D eigenvalue weighted by molar-refractivity contribution is 7.29. The Bertz CT molecular complexity index is 1250. The summed E-state index contributed by atoms with van der Waals surface area (Å²) < 4.78 is 16.3. The largest absolute Gasteiger partial charge is 0.348 e. The van der Waals surface area contributed by atoms with E-state index in [0.717, 1.165) is 46.9 Å². The number of piperidine rings is 1. The van der Waals surface area contributed by atoms with E-state index in [9.17, 15) is 14.0 Å². The van der Waals surface area contributed by atoms with Gasteiger partial charge in [-0.15, -0.1) is 11.3 Å². The topological polar surface area (TPSA) is 80.1 Å². The summed E-state index contributed by atoms with van der Waals surface area (Å²) in [4.78, 5) is 32.0. The fraction of sp³-hybridized carbons (Fsp3) is 0.273. The van der Waals surface area contributed by atoms with E-state index >= 15 is 0 Å². The number of carbonyl (C=O) groups is 2. The lowest BCUT2D eigenvalue weighted by Crippen LogP contribution is -2.33. The number of anilines is 2. The molecule has 4 aromatic rings. The summed E-state index contributed by atoms with van der Waals surface area (Å²) in [6.45, 7) is 1.66. The number of halogens is 1. The minimum absolute atomic E-state index is 0.152. The Balaban J connectivity index is 1.26. The molecule has 0 atom stereocenters. The van der Waals surface area contributed by atoms with E-state index < -0.39 is 0 Å². The molecule has 1 amide bonds. The second-order valence-electron chi connectivity index (χ2n) is 7.77. The molecule has 0 spiro atoms. The molecule has 7 nitrogen and oxygen atoms in total. The quantitative estimate of drug-likeness (QED) is 0.433. The van der Waals surface area contributed by atoms with Crippen molar-refractivity contribution < 1.29 is 14.0 Å². The van der Waals surface area contributed by atoms with Crippen molar-refractivity contribution in [2.24, 2.45) is 13.0 Å². The van der Waals surface area contributed by atoms with E-state index in [1.54, 1.807) is 42.6 Å². The maximum Gasteiger partial charge on any atom is 0.265 e. The van der Waals surface area contributed by atoms with Crippen LogP contribution < -0.4 is 10.2 Å². The summed E-state index contributed by atoms with van der Waals surface area (Å²) in [6.07, 6.45) is 4.08. The molecule has 0 unspecified atom stereocenters. The average molecular weight is 470 g/mol. The third kappa shape index (κ3) is 4.03. The Kier molecular flexibility index (Phi) is 5.48. The van der Waals surface area contributed by atoms with Crippen molar-refractivity contribution in [2.45, 2.75) is 12.8 Å². The molecule has 1 fully saturated rings. The Labute approximate surface area is 191 Å². The van der Waals surface area contributed by atoms with Crippen molar-refractivity contribution in [3.63, 3.8) is 0 Å². The number of carbonyl (C=O) groups excluding carboxylic acids is 2. The van der Waals surface area contributed by atoms with E-state index in [4.69, 9.17) is 4.98 Å². The number of hydrogen-bond donors (Lipinski definition) is 1. The number of benzene rings is 1. The number of aromatic nitrogens is 3. The molecule has 1 N–H and O–H groups in total. The minimum Gasteiger partial charge on any atom is -0.348 e. The summed E-state index contributed by atoms with van der Waals surface area (Å²) in [5.41, 5.74) is 1.55. The smallest absolute Gasteiger partial charge is 0.265 e. The average Bonchev–Trinajstić information content (AvgIpc) is 3.47. The number of thiophene rings is 1. The highest BCUT2D eigenvalue weighted by Crippen LogP contribution is 2.36. The molecule has 0 saturated carbocycles. The Morgan fingerprint density at radius 3 is 2.59 bits per heavy atom. The summed E-state index contributed by atoms with van der Waals surface area (Å²) >= 11 is 2.93. The molecule has 1 aliphatic rings. The monoisotopic (exact) mass is 469 g/mol. The van der Waals surface area contributed by atoms with Crippen molar-refractivity contribution in [1.29, 1.82) is 0 Å². The molecule has 10 heteroatoms. The maximum atomic E-state index is 13.9. The third-order valence-electron chi connectivity index (χ3n) is 5.50. The standard InChI is InChI=1S/C22H20FN5O2S2/c1-27-11-16(23)19(26-27)14-2-4-15(5-3-14)24-20(30)17-10-18-21(31-17)25-22(32-18)28-8-6-13(12-29)7-9-28/h2-5,10-13H,6-9H2,1H3,(H,24,30). The normalized spacial score (nSPS) is 14.8. The highest BCUT2D eigenvalue weighted by Gasteiger charge is 2.22. The van der Waals surface area contributed by atoms with Crippen LogP contribution in [0, 0.1) is 11.7 Å². The van der Waals surface area contributed by atoms with Gasteiger partial charge >= 0.3 is 0 Å². The molecule has 0 radical (unpaired) electrons. The third-order valence-corrected chi connectivity index (χ3v) is 7.72. The van der Waals surface area contributed by atoms with Crippen LogP contribution in [-0.2, 0) is 11.8 Å². The fourth-order valence-corrected chi connectivity index (χ4v) is 5.91. The van der Waals surface area contributed by atoms with Crippen molar-refractivity contribution in [3.05, 3.63) is 47.2 Å². The summed E-state index contributed by atoms with van der Waals surface area (Å²) in [7, 11) is 1.67. The van der Waals surface area contributed by atoms with Crippen LogP contribution >= 0.6 is 22.7 Å². The molecule has 0 bridgehead atoms. The van der Waals surface area contributed by atoms with Crippen molar-refractivity contribution in [3.8, 4) is 11.3 Å². The van der Waals surface area contributed by atoms with Gasteiger partial charge in [0.05, 0.1) is 15.8 Å². The van der Waals surface area contributed by atoms with Crippen LogP contribution in [0.1, 0.15) is 22.5 Å². The SMILES string of the molecule is Cn1cc(F)c(-c2ccc(NC(=O)c3cc4sc(N5CCC(C=O)CC5)nc4s3)cc2)n1. The van der Waals surface area contributed by atoms with Gasteiger partial charge in [0.15, 0.2) is 10.9 Å². The lowest BCUT2D eigenvalue weighted by atomic mass is 9.99. The van der Waals surface area contributed by atoms with Gasteiger partial charge in [-0.2, -0.15) is 5.10 Å². The van der Waals surface area contributed by atoms with E-state index in [2.05, 4.69) is 15.3 Å². The number of fused-ring (bicyclic) bond motifs is 1. The van der Waals surface area contributed by atoms with Gasteiger partial charge in [-0.05, 0) is 31.0 Å². The fourth-order valence-electron chi connectivity index (χ4n) is 3.76. The first-order valence-corrected chi connectivity index (χ1v) is 11.8. The number of aryl methyl sites for hydroxylation is 1. The van der Waals surface area contributed by atoms with E-state index in [0.29, 0.717) is 16.1 Å². The van der Waals surface area contributed by atoms with Gasteiger partial charge in [-0.1, -0.05) is 23.5 Å². The van der Waals surface area contributed by atoms with Crippen LogP contribution in [0.3, 0.4) is 0 Å². The van der Waals surface area contributed by atoms with Crippen LogP contribution in [0.5, 0.6) is 0 Å². The van der Waals surface area contributed by atoms with Gasteiger partial charge < -0.3 is 15.0 Å². The van der Waals surface area contributed by atoms with Crippen molar-refractivity contribution in [2.75, 3.05) is 23.3 Å². The van der Waals surface area contributed by atoms with E-state index in [1.165, 1.54) is 22.2 Å².